The number of benzene rings is 1. The molecule has 0 saturated carbocycles. The van der Waals surface area contributed by atoms with E-state index in [9.17, 15) is 4.79 Å². The Morgan fingerprint density at radius 3 is 2.68 bits per heavy atom. The van der Waals surface area contributed by atoms with Crippen molar-refractivity contribution >= 4 is 28.8 Å². The fraction of sp³-hybridized carbons (Fsp3) is 0.286. The largest absolute Gasteiger partial charge is 0.481 e. The van der Waals surface area contributed by atoms with E-state index < -0.39 is 5.84 Å². The van der Waals surface area contributed by atoms with Crippen LogP contribution in [0.5, 0.6) is 5.75 Å². The van der Waals surface area contributed by atoms with Gasteiger partial charge in [0.2, 0.25) is 5.71 Å². The molecular weight excluding hydrogens is 284 g/mol. The summed E-state index contributed by atoms with van der Waals surface area (Å²) in [6.07, 6.45) is 0. The number of amidine groups is 1. The number of hydrazone groups is 1. The molecule has 0 radical (unpaired) electrons. The molecule has 1 aliphatic heterocycles. The van der Waals surface area contributed by atoms with Gasteiger partial charge in [-0.1, -0.05) is 0 Å². The average molecular weight is 300 g/mol. The van der Waals surface area contributed by atoms with Crippen LogP contribution in [0.2, 0.25) is 0 Å². The quantitative estimate of drug-likeness (QED) is 0.377. The summed E-state index contributed by atoms with van der Waals surface area (Å²) in [4.78, 5) is 11.5. The Hall–Kier alpha value is -3.08. The lowest BCUT2D eigenvalue weighted by Crippen LogP contribution is -2.27. The summed E-state index contributed by atoms with van der Waals surface area (Å²) in [6, 6.07) is 1.74. The minimum Gasteiger partial charge on any atom is -0.481 e. The second-order valence-electron chi connectivity index (χ2n) is 4.89. The van der Waals surface area contributed by atoms with Crippen LogP contribution in [0, 0.1) is 37.5 Å². The molecule has 1 aliphatic rings. The summed E-state index contributed by atoms with van der Waals surface area (Å²) in [5, 5.41) is 22.8. The third kappa shape index (κ3) is 2.56. The zero-order valence-electron chi connectivity index (χ0n) is 12.5. The van der Waals surface area contributed by atoms with Crippen LogP contribution >= 0.6 is 0 Å². The smallest absolute Gasteiger partial charge is 0.262 e. The molecule has 8 heteroatoms. The van der Waals surface area contributed by atoms with Crippen molar-refractivity contribution in [3.63, 3.8) is 0 Å². The van der Waals surface area contributed by atoms with E-state index in [2.05, 4.69) is 15.8 Å². The van der Waals surface area contributed by atoms with Crippen molar-refractivity contribution in [3.05, 3.63) is 16.7 Å². The molecule has 0 atom stereocenters. The predicted molar refractivity (Wildman–Crippen MR) is 83.4 cm³/mol. The fourth-order valence-electron chi connectivity index (χ4n) is 2.19. The summed E-state index contributed by atoms with van der Waals surface area (Å²) in [7, 11) is 0. The van der Waals surface area contributed by atoms with Crippen molar-refractivity contribution in [2.45, 2.75) is 20.8 Å². The van der Waals surface area contributed by atoms with Crippen LogP contribution in [0.25, 0.3) is 0 Å². The first-order chi connectivity index (χ1) is 10.4. The van der Waals surface area contributed by atoms with Gasteiger partial charge in [0.15, 0.2) is 12.4 Å². The van der Waals surface area contributed by atoms with Gasteiger partial charge in [-0.25, -0.2) is 0 Å². The van der Waals surface area contributed by atoms with Crippen LogP contribution in [0.15, 0.2) is 5.10 Å². The number of fused-ring (bicyclic) bond motifs is 1. The molecule has 1 amide bonds. The van der Waals surface area contributed by atoms with Crippen molar-refractivity contribution in [1.82, 2.24) is 0 Å². The van der Waals surface area contributed by atoms with Crippen molar-refractivity contribution in [2.24, 2.45) is 10.8 Å². The third-order valence-electron chi connectivity index (χ3n) is 3.51. The summed E-state index contributed by atoms with van der Waals surface area (Å²) in [5.74, 6) is -0.0115. The van der Waals surface area contributed by atoms with E-state index in [1.807, 2.05) is 13.8 Å². The number of nitrogens with two attached hydrogens (primary N) is 1. The van der Waals surface area contributed by atoms with Crippen molar-refractivity contribution in [3.8, 4) is 11.8 Å². The molecule has 1 aromatic carbocycles. The molecule has 114 valence electrons. The van der Waals surface area contributed by atoms with E-state index in [4.69, 9.17) is 21.1 Å². The van der Waals surface area contributed by atoms with Crippen LogP contribution in [-0.4, -0.2) is 24.1 Å². The Labute approximate surface area is 127 Å². The Balaban J connectivity index is 2.52. The van der Waals surface area contributed by atoms with Crippen LogP contribution in [0.1, 0.15) is 16.7 Å². The van der Waals surface area contributed by atoms with Gasteiger partial charge in [0.05, 0.1) is 11.4 Å². The maximum absolute atomic E-state index is 11.5. The normalized spacial score (nSPS) is 13.5. The summed E-state index contributed by atoms with van der Waals surface area (Å²) < 4.78 is 5.49. The second kappa shape index (κ2) is 5.73. The van der Waals surface area contributed by atoms with E-state index >= 15 is 0 Å². The van der Waals surface area contributed by atoms with Crippen LogP contribution in [-0.2, 0) is 4.79 Å². The Morgan fingerprint density at radius 2 is 2.09 bits per heavy atom. The molecule has 8 nitrogen and oxygen atoms in total. The number of ether oxygens (including phenoxy) is 1. The molecule has 0 fully saturated rings. The van der Waals surface area contributed by atoms with E-state index in [-0.39, 0.29) is 18.2 Å². The molecule has 1 heterocycles. The van der Waals surface area contributed by atoms with Crippen molar-refractivity contribution < 1.29 is 9.53 Å². The monoisotopic (exact) mass is 300 g/mol. The number of rotatable bonds is 3. The maximum Gasteiger partial charge on any atom is 0.262 e. The molecule has 0 unspecified atom stereocenters. The van der Waals surface area contributed by atoms with Crippen LogP contribution in [0.3, 0.4) is 0 Å². The second-order valence-corrected chi connectivity index (χ2v) is 4.89. The maximum atomic E-state index is 11.5. The van der Waals surface area contributed by atoms with E-state index in [0.717, 1.165) is 16.7 Å². The van der Waals surface area contributed by atoms with Gasteiger partial charge in [-0.3, -0.25) is 15.6 Å². The molecule has 0 spiro atoms. The van der Waals surface area contributed by atoms with Crippen LogP contribution < -0.4 is 21.2 Å². The molecule has 0 saturated heterocycles. The number of nitriles is 1. The molecule has 2 rings (SSSR count). The standard InChI is InChI=1S/C14H16N6O2/c1-6-7(2)13-12(18-10(21)5-22-13)8(3)11(6)20-19-9(4-15)14(16)17/h20H,5H2,1-3H3,(H3,16,17)(H,18,21)/b19-9+. The lowest BCUT2D eigenvalue weighted by Gasteiger charge is -2.25. The summed E-state index contributed by atoms with van der Waals surface area (Å²) in [5.41, 5.74) is 11.5. The van der Waals surface area contributed by atoms with Crippen molar-refractivity contribution in [2.75, 3.05) is 17.3 Å². The number of anilines is 2. The summed E-state index contributed by atoms with van der Waals surface area (Å²) in [6.45, 7) is 5.54. The van der Waals surface area contributed by atoms with E-state index in [0.29, 0.717) is 17.1 Å². The van der Waals surface area contributed by atoms with Gasteiger partial charge in [0.25, 0.3) is 5.91 Å². The van der Waals surface area contributed by atoms with Gasteiger partial charge in [0.1, 0.15) is 11.8 Å². The molecule has 0 aromatic heterocycles. The Bertz CT molecular complexity index is 745. The lowest BCUT2D eigenvalue weighted by atomic mass is 9.99. The Kier molecular flexibility index (Phi) is 3.99. The zero-order chi connectivity index (χ0) is 16.4. The minimum atomic E-state index is -0.420. The topological polar surface area (TPSA) is 136 Å². The van der Waals surface area contributed by atoms with Gasteiger partial charge in [-0.15, -0.1) is 0 Å². The highest BCUT2D eigenvalue weighted by molar-refractivity contribution is 6.45. The number of hydrogen-bond donors (Lipinski definition) is 4. The zero-order valence-corrected chi connectivity index (χ0v) is 12.5. The first-order valence-electron chi connectivity index (χ1n) is 6.51. The number of nitrogens with zero attached hydrogens (tertiary/aromatic N) is 2. The molecule has 5 N–H and O–H groups in total. The highest BCUT2D eigenvalue weighted by atomic mass is 16.5. The van der Waals surface area contributed by atoms with Crippen LogP contribution in [0.4, 0.5) is 11.4 Å². The predicted octanol–water partition coefficient (Wildman–Crippen LogP) is 1.17. The highest BCUT2D eigenvalue weighted by Crippen LogP contribution is 2.41. The van der Waals surface area contributed by atoms with Gasteiger partial charge in [0, 0.05) is 5.56 Å². The number of carbonyl (C=O) groups is 1. The van der Waals surface area contributed by atoms with Gasteiger partial charge < -0.3 is 15.8 Å². The molecule has 0 aliphatic carbocycles. The molecule has 22 heavy (non-hydrogen) atoms. The van der Waals surface area contributed by atoms with Crippen molar-refractivity contribution in [1.29, 1.82) is 10.7 Å². The van der Waals surface area contributed by atoms with E-state index in [1.165, 1.54) is 0 Å². The molecule has 0 bridgehead atoms. The van der Waals surface area contributed by atoms with Gasteiger partial charge in [-0.05, 0) is 31.9 Å². The SMILES string of the molecule is Cc1c(C)c2c(c(C)c1N/N=C(\C#N)C(=N)N)NC(=O)CO2. The number of carbonyl (C=O) groups excluding carboxylic acids is 1. The first kappa shape index (κ1) is 15.3. The van der Waals surface area contributed by atoms with Gasteiger partial charge in [-0.2, -0.15) is 10.4 Å². The summed E-state index contributed by atoms with van der Waals surface area (Å²) >= 11 is 0. The van der Waals surface area contributed by atoms with E-state index in [1.54, 1.807) is 13.0 Å². The highest BCUT2D eigenvalue weighted by Gasteiger charge is 2.24. The average Bonchev–Trinajstić information content (AvgIpc) is 2.48. The number of nitrogens with one attached hydrogen (secondary N) is 3. The molecular formula is C14H16N6O2. The third-order valence-corrected chi connectivity index (χ3v) is 3.51. The Morgan fingerprint density at radius 1 is 1.41 bits per heavy atom. The molecule has 1 aromatic rings. The first-order valence-corrected chi connectivity index (χ1v) is 6.51. The van der Waals surface area contributed by atoms with Gasteiger partial charge >= 0.3 is 0 Å². The number of amides is 1. The number of hydrogen-bond acceptors (Lipinski definition) is 6. The lowest BCUT2D eigenvalue weighted by molar-refractivity contribution is -0.118. The minimum absolute atomic E-state index is 0.0133. The fourth-order valence-corrected chi connectivity index (χ4v) is 2.19.